The summed E-state index contributed by atoms with van der Waals surface area (Å²) in [6.07, 6.45) is 1.08. The number of carbonyl (C=O) groups is 1. The molecule has 1 aliphatic rings. The van der Waals surface area contributed by atoms with Gasteiger partial charge < -0.3 is 20.4 Å². The van der Waals surface area contributed by atoms with Crippen LogP contribution in [0.1, 0.15) is 27.7 Å². The molecule has 5 nitrogen and oxygen atoms in total. The molecule has 0 amide bonds. The van der Waals surface area contributed by atoms with Gasteiger partial charge in [-0.25, -0.2) is 4.79 Å². The first-order chi connectivity index (χ1) is 7.98. The number of hydrogen-bond acceptors (Lipinski definition) is 4. The van der Waals surface area contributed by atoms with Gasteiger partial charge in [0.25, 0.3) is 0 Å². The van der Waals surface area contributed by atoms with Crippen LogP contribution in [-0.4, -0.2) is 38.3 Å². The van der Waals surface area contributed by atoms with Crippen LogP contribution < -0.4 is 0 Å². The van der Waals surface area contributed by atoms with E-state index in [-0.39, 0.29) is 5.57 Å². The Bertz CT molecular complexity index is 412. The lowest BCUT2D eigenvalue weighted by atomic mass is 9.72. The van der Waals surface area contributed by atoms with Crippen molar-refractivity contribution in [3.05, 3.63) is 23.3 Å². The van der Waals surface area contributed by atoms with Crippen LogP contribution in [0.15, 0.2) is 23.3 Å². The van der Waals surface area contributed by atoms with Crippen molar-refractivity contribution < 1.29 is 25.2 Å². The van der Waals surface area contributed by atoms with E-state index in [0.717, 1.165) is 0 Å². The zero-order valence-electron chi connectivity index (χ0n) is 11.0. The summed E-state index contributed by atoms with van der Waals surface area (Å²) in [7, 11) is 0. The molecule has 2 unspecified atom stereocenters. The summed E-state index contributed by atoms with van der Waals surface area (Å²) in [5, 5.41) is 38.5. The maximum absolute atomic E-state index is 10.8. The Morgan fingerprint density at radius 3 is 2.28 bits per heavy atom. The van der Waals surface area contributed by atoms with Crippen molar-refractivity contribution in [2.45, 2.75) is 39.6 Å². The Labute approximate surface area is 106 Å². The highest BCUT2D eigenvalue weighted by atomic mass is 16.5. The molecule has 0 aromatic carbocycles. The molecule has 0 saturated carbocycles. The second-order valence-electron chi connectivity index (χ2n) is 5.73. The van der Waals surface area contributed by atoms with E-state index < -0.39 is 29.2 Å². The molecule has 0 fully saturated rings. The third kappa shape index (κ3) is 2.63. The van der Waals surface area contributed by atoms with E-state index in [4.69, 9.17) is 5.11 Å². The SMILES string of the molecule is CC1C=C(C(O)C(=O)O)C=C(C(C)(C)C)C1(O)O. The predicted octanol–water partition coefficient (Wildman–Crippen LogP) is 0.661. The minimum Gasteiger partial charge on any atom is -0.479 e. The largest absolute Gasteiger partial charge is 0.479 e. The summed E-state index contributed by atoms with van der Waals surface area (Å²) >= 11 is 0. The molecule has 0 aromatic rings. The molecule has 1 aliphatic carbocycles. The standard InChI is InChI=1S/C13H20O5/c1-7-5-8(10(14)11(15)16)6-9(12(2,3)4)13(7,17)18/h5-7,10,14,17-18H,1-4H3,(H,15,16). The van der Waals surface area contributed by atoms with Crippen LogP contribution in [0.4, 0.5) is 0 Å². The maximum Gasteiger partial charge on any atom is 0.337 e. The van der Waals surface area contributed by atoms with E-state index in [0.29, 0.717) is 5.57 Å². The lowest BCUT2D eigenvalue weighted by Gasteiger charge is -2.40. The number of carboxylic acid groups (broad SMARTS) is 1. The fourth-order valence-corrected chi connectivity index (χ4v) is 2.05. The van der Waals surface area contributed by atoms with Crippen LogP contribution in [0.3, 0.4) is 0 Å². The van der Waals surface area contributed by atoms with E-state index in [1.807, 2.05) is 0 Å². The molecule has 5 heteroatoms. The normalized spacial score (nSPS) is 25.2. The van der Waals surface area contributed by atoms with Crippen molar-refractivity contribution in [2.75, 3.05) is 0 Å². The van der Waals surface area contributed by atoms with Crippen molar-refractivity contribution in [1.82, 2.24) is 0 Å². The molecule has 0 aliphatic heterocycles. The molecule has 0 bridgehead atoms. The summed E-state index contributed by atoms with van der Waals surface area (Å²) < 4.78 is 0. The molecule has 4 N–H and O–H groups in total. The zero-order valence-corrected chi connectivity index (χ0v) is 11.0. The molecule has 0 aromatic heterocycles. The number of rotatable bonds is 2. The predicted molar refractivity (Wildman–Crippen MR) is 65.6 cm³/mol. The van der Waals surface area contributed by atoms with Crippen molar-refractivity contribution >= 4 is 5.97 Å². The van der Waals surface area contributed by atoms with Gasteiger partial charge in [-0.05, 0) is 16.6 Å². The number of aliphatic hydroxyl groups is 3. The van der Waals surface area contributed by atoms with E-state index in [9.17, 15) is 20.1 Å². The van der Waals surface area contributed by atoms with Crippen LogP contribution >= 0.6 is 0 Å². The quantitative estimate of drug-likeness (QED) is 0.544. The topological polar surface area (TPSA) is 98.0 Å². The lowest BCUT2D eigenvalue weighted by molar-refractivity contribution is -0.164. The zero-order chi connectivity index (χ0) is 14.3. The van der Waals surface area contributed by atoms with Crippen molar-refractivity contribution in [1.29, 1.82) is 0 Å². The highest BCUT2D eigenvalue weighted by molar-refractivity contribution is 5.77. The molecular weight excluding hydrogens is 236 g/mol. The van der Waals surface area contributed by atoms with Gasteiger partial charge in [0.15, 0.2) is 11.9 Å². The lowest BCUT2D eigenvalue weighted by Crippen LogP contribution is -2.44. The number of carboxylic acids is 1. The molecule has 2 atom stereocenters. The second-order valence-corrected chi connectivity index (χ2v) is 5.73. The second kappa shape index (κ2) is 4.50. The minimum atomic E-state index is -2.03. The van der Waals surface area contributed by atoms with E-state index >= 15 is 0 Å². The summed E-state index contributed by atoms with van der Waals surface area (Å²) in [6, 6.07) is 0. The summed E-state index contributed by atoms with van der Waals surface area (Å²) in [5.74, 6) is -4.08. The number of hydrogen-bond donors (Lipinski definition) is 4. The molecule has 102 valence electrons. The number of aliphatic hydroxyl groups excluding tert-OH is 1. The molecule has 1 rings (SSSR count). The van der Waals surface area contributed by atoms with Gasteiger partial charge in [0.05, 0.1) is 0 Å². The summed E-state index contributed by atoms with van der Waals surface area (Å²) in [6.45, 7) is 6.95. The van der Waals surface area contributed by atoms with Crippen LogP contribution in [0.25, 0.3) is 0 Å². The summed E-state index contributed by atoms with van der Waals surface area (Å²) in [5.41, 5.74) is -0.0749. The molecule has 0 saturated heterocycles. The van der Waals surface area contributed by atoms with Crippen molar-refractivity contribution in [3.8, 4) is 0 Å². The molecule has 0 heterocycles. The van der Waals surface area contributed by atoms with Crippen LogP contribution in [0, 0.1) is 11.3 Å². The van der Waals surface area contributed by atoms with Gasteiger partial charge in [0.2, 0.25) is 0 Å². The fraction of sp³-hybridized carbons (Fsp3) is 0.615. The van der Waals surface area contributed by atoms with Gasteiger partial charge >= 0.3 is 5.97 Å². The first-order valence-electron chi connectivity index (χ1n) is 5.78. The third-order valence-electron chi connectivity index (χ3n) is 3.14. The fourth-order valence-electron chi connectivity index (χ4n) is 2.05. The first kappa shape index (κ1) is 14.9. The third-order valence-corrected chi connectivity index (χ3v) is 3.14. The van der Waals surface area contributed by atoms with Gasteiger partial charge in [-0.1, -0.05) is 39.8 Å². The van der Waals surface area contributed by atoms with Crippen LogP contribution in [0.2, 0.25) is 0 Å². The molecule has 0 spiro atoms. The minimum absolute atomic E-state index is 0.179. The Hall–Kier alpha value is -1.17. The average Bonchev–Trinajstić information content (AvgIpc) is 2.18. The molecule has 18 heavy (non-hydrogen) atoms. The molecular formula is C13H20O5. The van der Waals surface area contributed by atoms with Gasteiger partial charge in [0, 0.05) is 5.92 Å². The Morgan fingerprint density at radius 1 is 1.39 bits per heavy atom. The van der Waals surface area contributed by atoms with Crippen LogP contribution in [0.5, 0.6) is 0 Å². The monoisotopic (exact) mass is 256 g/mol. The Morgan fingerprint density at radius 2 is 1.89 bits per heavy atom. The van der Waals surface area contributed by atoms with Gasteiger partial charge in [-0.3, -0.25) is 0 Å². The van der Waals surface area contributed by atoms with Gasteiger partial charge in [-0.15, -0.1) is 0 Å². The van der Waals surface area contributed by atoms with Crippen molar-refractivity contribution in [2.24, 2.45) is 11.3 Å². The van der Waals surface area contributed by atoms with Crippen molar-refractivity contribution in [3.63, 3.8) is 0 Å². The summed E-state index contributed by atoms with van der Waals surface area (Å²) in [4.78, 5) is 10.8. The number of aliphatic carboxylic acids is 1. The van der Waals surface area contributed by atoms with Crippen LogP contribution in [-0.2, 0) is 4.79 Å². The maximum atomic E-state index is 10.8. The van der Waals surface area contributed by atoms with Gasteiger partial charge in [0.1, 0.15) is 0 Å². The highest BCUT2D eigenvalue weighted by Gasteiger charge is 2.43. The van der Waals surface area contributed by atoms with Gasteiger partial charge in [-0.2, -0.15) is 0 Å². The first-order valence-corrected chi connectivity index (χ1v) is 5.78. The Kier molecular flexibility index (Phi) is 3.72. The van der Waals surface area contributed by atoms with E-state index in [1.54, 1.807) is 27.7 Å². The highest BCUT2D eigenvalue weighted by Crippen LogP contribution is 2.41. The average molecular weight is 256 g/mol. The smallest absolute Gasteiger partial charge is 0.337 e. The van der Waals surface area contributed by atoms with E-state index in [2.05, 4.69) is 0 Å². The Balaban J connectivity index is 3.28. The molecule has 0 radical (unpaired) electrons. The van der Waals surface area contributed by atoms with E-state index in [1.165, 1.54) is 12.2 Å².